The lowest BCUT2D eigenvalue weighted by Crippen LogP contribution is -2.17. The third kappa shape index (κ3) is 3.08. The summed E-state index contributed by atoms with van der Waals surface area (Å²) in [7, 11) is 4.11. The Kier molecular flexibility index (Phi) is 4.78. The maximum absolute atomic E-state index is 14.4. The van der Waals surface area contributed by atoms with Gasteiger partial charge in [0.15, 0.2) is 5.78 Å². The second-order valence-electron chi connectivity index (χ2n) is 9.00. The van der Waals surface area contributed by atoms with Gasteiger partial charge in [-0.15, -0.1) is 0 Å². The molecule has 5 aromatic rings. The summed E-state index contributed by atoms with van der Waals surface area (Å²) in [5.74, 6) is -0.222. The zero-order valence-electron chi connectivity index (χ0n) is 19.3. The van der Waals surface area contributed by atoms with Gasteiger partial charge in [0.05, 0.1) is 5.92 Å². The number of rotatable bonds is 4. The van der Waals surface area contributed by atoms with E-state index in [0.717, 1.165) is 49.6 Å². The van der Waals surface area contributed by atoms with Gasteiger partial charge in [-0.2, -0.15) is 0 Å². The molecule has 0 radical (unpaired) electrons. The van der Waals surface area contributed by atoms with E-state index >= 15 is 0 Å². The highest BCUT2D eigenvalue weighted by molar-refractivity contribution is 6.09. The van der Waals surface area contributed by atoms with Crippen molar-refractivity contribution in [2.24, 2.45) is 14.1 Å². The molecule has 0 N–H and O–H groups in total. The fourth-order valence-electron chi connectivity index (χ4n) is 5.37. The number of aryl methyl sites for hydroxylation is 5. The van der Waals surface area contributed by atoms with Crippen LogP contribution in [0.1, 0.15) is 44.1 Å². The highest BCUT2D eigenvalue weighted by atomic mass is 16.1. The second kappa shape index (κ2) is 7.52. The summed E-state index contributed by atoms with van der Waals surface area (Å²) in [6.45, 7) is 6.19. The van der Waals surface area contributed by atoms with Gasteiger partial charge in [0.2, 0.25) is 0 Å². The van der Waals surface area contributed by atoms with E-state index < -0.39 is 0 Å². The fourth-order valence-corrected chi connectivity index (χ4v) is 5.37. The van der Waals surface area contributed by atoms with E-state index in [-0.39, 0.29) is 11.7 Å². The van der Waals surface area contributed by atoms with E-state index in [2.05, 4.69) is 117 Å². The third-order valence-corrected chi connectivity index (χ3v) is 6.66. The summed E-state index contributed by atoms with van der Waals surface area (Å²) in [5, 5.41) is 2.26. The Labute approximate surface area is 188 Å². The minimum atomic E-state index is -0.382. The van der Waals surface area contributed by atoms with Crippen molar-refractivity contribution in [2.45, 2.75) is 26.7 Å². The molecule has 3 nitrogen and oxygen atoms in total. The molecular weight excluding hydrogens is 392 g/mol. The quantitative estimate of drug-likeness (QED) is 0.301. The van der Waals surface area contributed by atoms with Crippen molar-refractivity contribution < 1.29 is 4.79 Å². The fraction of sp³-hybridized carbons (Fsp3) is 0.207. The van der Waals surface area contributed by atoms with Gasteiger partial charge in [0, 0.05) is 53.9 Å². The van der Waals surface area contributed by atoms with Crippen molar-refractivity contribution >= 4 is 27.6 Å². The Morgan fingerprint density at radius 3 is 1.62 bits per heavy atom. The van der Waals surface area contributed by atoms with Crippen LogP contribution in [0.3, 0.4) is 0 Å². The number of hydrogen-bond acceptors (Lipinski definition) is 1. The molecular formula is C29H28N2O. The van der Waals surface area contributed by atoms with Gasteiger partial charge >= 0.3 is 0 Å². The normalized spacial score (nSPS) is 11.7. The summed E-state index contributed by atoms with van der Waals surface area (Å²) in [4.78, 5) is 14.4. The molecule has 0 aliphatic carbocycles. The van der Waals surface area contributed by atoms with Gasteiger partial charge < -0.3 is 9.13 Å². The van der Waals surface area contributed by atoms with Crippen molar-refractivity contribution in [1.29, 1.82) is 0 Å². The Balaban J connectivity index is 1.83. The molecule has 160 valence electrons. The first-order chi connectivity index (χ1) is 15.4. The SMILES string of the molecule is Cc1cc(C)c(C(=O)C(c2cn(C)c3ccccc23)c2cn(C)c3ccccc23)c(C)c1. The lowest BCUT2D eigenvalue weighted by atomic mass is 9.81. The maximum Gasteiger partial charge on any atom is 0.175 e. The van der Waals surface area contributed by atoms with Crippen LogP contribution in [0.2, 0.25) is 0 Å². The van der Waals surface area contributed by atoms with Crippen LogP contribution in [-0.2, 0) is 14.1 Å². The van der Waals surface area contributed by atoms with Crippen LogP contribution < -0.4 is 0 Å². The highest BCUT2D eigenvalue weighted by Crippen LogP contribution is 2.39. The van der Waals surface area contributed by atoms with Gasteiger partial charge in [0.25, 0.3) is 0 Å². The van der Waals surface area contributed by atoms with E-state index in [1.165, 1.54) is 5.56 Å². The summed E-state index contributed by atoms with van der Waals surface area (Å²) in [6, 6.07) is 20.9. The summed E-state index contributed by atoms with van der Waals surface area (Å²) in [6.07, 6.45) is 4.27. The molecule has 0 unspecified atom stereocenters. The number of Topliss-reactive ketones (excluding diaryl/α,β-unsaturated/α-hetero) is 1. The lowest BCUT2D eigenvalue weighted by Gasteiger charge is -2.19. The number of ketones is 1. The topological polar surface area (TPSA) is 26.9 Å². The molecule has 0 amide bonds. The monoisotopic (exact) mass is 420 g/mol. The molecule has 32 heavy (non-hydrogen) atoms. The molecule has 3 heteroatoms. The molecule has 5 rings (SSSR count). The summed E-state index contributed by atoms with van der Waals surface area (Å²) >= 11 is 0. The zero-order valence-corrected chi connectivity index (χ0v) is 19.3. The van der Waals surface area contributed by atoms with E-state index in [1.54, 1.807) is 0 Å². The summed E-state index contributed by atoms with van der Waals surface area (Å²) in [5.41, 5.74) is 8.49. The molecule has 3 aromatic carbocycles. The van der Waals surface area contributed by atoms with Crippen molar-refractivity contribution in [1.82, 2.24) is 9.13 Å². The van der Waals surface area contributed by atoms with Crippen LogP contribution in [0, 0.1) is 20.8 Å². The van der Waals surface area contributed by atoms with E-state index in [1.807, 2.05) is 0 Å². The highest BCUT2D eigenvalue weighted by Gasteiger charge is 2.31. The largest absolute Gasteiger partial charge is 0.350 e. The smallest absolute Gasteiger partial charge is 0.175 e. The molecule has 0 saturated carbocycles. The van der Waals surface area contributed by atoms with Gasteiger partial charge in [-0.1, -0.05) is 54.1 Å². The Morgan fingerprint density at radius 2 is 1.16 bits per heavy atom. The summed E-state index contributed by atoms with van der Waals surface area (Å²) < 4.78 is 4.26. The number of nitrogens with zero attached hydrogens (tertiary/aromatic N) is 2. The lowest BCUT2D eigenvalue weighted by molar-refractivity contribution is 0.0973. The van der Waals surface area contributed by atoms with Crippen molar-refractivity contribution in [2.75, 3.05) is 0 Å². The van der Waals surface area contributed by atoms with Crippen molar-refractivity contribution in [3.05, 3.63) is 106 Å². The average molecular weight is 421 g/mol. The average Bonchev–Trinajstić information content (AvgIpc) is 3.26. The maximum atomic E-state index is 14.4. The standard InChI is InChI=1S/C29H28N2O/c1-18-14-19(2)27(20(3)15-18)29(32)28(23-16-30(4)25-12-8-6-10-21(23)25)24-17-31(5)26-13-9-7-11-22(24)26/h6-17,28H,1-5H3. The minimum absolute atomic E-state index is 0.160. The van der Waals surface area contributed by atoms with Crippen LogP contribution in [0.4, 0.5) is 0 Å². The van der Waals surface area contributed by atoms with Crippen LogP contribution >= 0.6 is 0 Å². The van der Waals surface area contributed by atoms with Crippen LogP contribution in [0.25, 0.3) is 21.8 Å². The van der Waals surface area contributed by atoms with Crippen LogP contribution in [-0.4, -0.2) is 14.9 Å². The van der Waals surface area contributed by atoms with E-state index in [4.69, 9.17) is 0 Å². The first-order valence-corrected chi connectivity index (χ1v) is 11.1. The number of benzene rings is 3. The molecule has 0 saturated heterocycles. The molecule has 0 atom stereocenters. The minimum Gasteiger partial charge on any atom is -0.350 e. The Bertz CT molecular complexity index is 1400. The predicted octanol–water partition coefficient (Wildman–Crippen LogP) is 6.61. The number of hydrogen-bond donors (Lipinski definition) is 0. The third-order valence-electron chi connectivity index (χ3n) is 6.66. The number of para-hydroxylation sites is 2. The first kappa shape index (κ1) is 20.3. The molecule has 0 fully saturated rings. The predicted molar refractivity (Wildman–Crippen MR) is 133 cm³/mol. The van der Waals surface area contributed by atoms with Crippen LogP contribution in [0.15, 0.2) is 73.1 Å². The number of carbonyl (C=O) groups excluding carboxylic acids is 1. The van der Waals surface area contributed by atoms with Gasteiger partial charge in [-0.05, 0) is 55.2 Å². The Hall–Kier alpha value is -3.59. The molecule has 2 heterocycles. The number of fused-ring (bicyclic) bond motifs is 2. The van der Waals surface area contributed by atoms with E-state index in [9.17, 15) is 4.79 Å². The zero-order chi connectivity index (χ0) is 22.6. The van der Waals surface area contributed by atoms with Crippen molar-refractivity contribution in [3.8, 4) is 0 Å². The number of carbonyl (C=O) groups is 1. The van der Waals surface area contributed by atoms with Crippen LogP contribution in [0.5, 0.6) is 0 Å². The first-order valence-electron chi connectivity index (χ1n) is 11.1. The molecule has 0 aliphatic rings. The second-order valence-corrected chi connectivity index (χ2v) is 9.00. The molecule has 0 bridgehead atoms. The number of aromatic nitrogens is 2. The molecule has 2 aromatic heterocycles. The Morgan fingerprint density at radius 1 is 0.719 bits per heavy atom. The van der Waals surface area contributed by atoms with E-state index in [0.29, 0.717) is 0 Å². The van der Waals surface area contributed by atoms with Gasteiger partial charge in [-0.25, -0.2) is 0 Å². The van der Waals surface area contributed by atoms with Gasteiger partial charge in [0.1, 0.15) is 0 Å². The molecule has 0 aliphatic heterocycles. The molecule has 0 spiro atoms. The van der Waals surface area contributed by atoms with Crippen molar-refractivity contribution in [3.63, 3.8) is 0 Å². The van der Waals surface area contributed by atoms with Gasteiger partial charge in [-0.3, -0.25) is 4.79 Å².